The van der Waals surface area contributed by atoms with Crippen LogP contribution in [0, 0.1) is 0 Å². The molecule has 0 spiro atoms. The molecule has 104 valence electrons. The van der Waals surface area contributed by atoms with Gasteiger partial charge < -0.3 is 14.8 Å². The van der Waals surface area contributed by atoms with Gasteiger partial charge in [0.15, 0.2) is 0 Å². The van der Waals surface area contributed by atoms with Gasteiger partial charge >= 0.3 is 0 Å². The lowest BCUT2D eigenvalue weighted by molar-refractivity contribution is 0.0929. The van der Waals surface area contributed by atoms with Gasteiger partial charge in [0.05, 0.1) is 25.9 Å². The first kappa shape index (κ1) is 13.6. The largest absolute Gasteiger partial charge is 0.497 e. The lowest BCUT2D eigenvalue weighted by Gasteiger charge is -2.14. The summed E-state index contributed by atoms with van der Waals surface area (Å²) in [6, 6.07) is 5.46. The summed E-state index contributed by atoms with van der Waals surface area (Å²) < 4.78 is 10.3. The molecule has 2 unspecified atom stereocenters. The maximum absolute atomic E-state index is 12.2. The number of nitrogens with one attached hydrogen (secondary N) is 3. The van der Waals surface area contributed by atoms with Gasteiger partial charge in [-0.1, -0.05) is 0 Å². The van der Waals surface area contributed by atoms with Crippen LogP contribution in [0.1, 0.15) is 23.7 Å². The first-order valence-corrected chi connectivity index (χ1v) is 6.18. The number of hydrogen-bond donors (Lipinski definition) is 3. The fourth-order valence-corrected chi connectivity index (χ4v) is 2.03. The van der Waals surface area contributed by atoms with Crippen LogP contribution in [-0.4, -0.2) is 32.3 Å². The van der Waals surface area contributed by atoms with E-state index in [4.69, 9.17) is 9.47 Å². The van der Waals surface area contributed by atoms with Gasteiger partial charge in [-0.15, -0.1) is 0 Å². The van der Waals surface area contributed by atoms with E-state index in [2.05, 4.69) is 16.2 Å². The molecule has 1 aromatic carbocycles. The van der Waals surface area contributed by atoms with Crippen molar-refractivity contribution in [1.29, 1.82) is 0 Å². The number of hydrazine groups is 1. The third kappa shape index (κ3) is 3.15. The molecular formula is C13H19N3O3. The van der Waals surface area contributed by atoms with Gasteiger partial charge in [0.1, 0.15) is 11.5 Å². The molecule has 0 aromatic heterocycles. The van der Waals surface area contributed by atoms with E-state index in [0.717, 1.165) is 6.42 Å². The minimum atomic E-state index is -0.173. The summed E-state index contributed by atoms with van der Waals surface area (Å²) >= 11 is 0. The van der Waals surface area contributed by atoms with Crippen LogP contribution < -0.4 is 25.6 Å². The van der Waals surface area contributed by atoms with Crippen molar-refractivity contribution in [3.05, 3.63) is 23.8 Å². The molecule has 2 atom stereocenters. The minimum absolute atomic E-state index is 0.0747. The molecule has 2 rings (SSSR count). The summed E-state index contributed by atoms with van der Waals surface area (Å²) in [6.07, 6.45) is 0.763. The van der Waals surface area contributed by atoms with Gasteiger partial charge in [0.2, 0.25) is 0 Å². The van der Waals surface area contributed by atoms with Crippen molar-refractivity contribution in [1.82, 2.24) is 16.2 Å². The zero-order chi connectivity index (χ0) is 13.8. The lowest BCUT2D eigenvalue weighted by atomic mass is 10.1. The van der Waals surface area contributed by atoms with Crippen molar-refractivity contribution in [3.63, 3.8) is 0 Å². The molecule has 0 saturated carbocycles. The number of carbonyl (C=O) groups excluding carboxylic acids is 1. The highest BCUT2D eigenvalue weighted by Gasteiger charge is 2.23. The monoisotopic (exact) mass is 265 g/mol. The van der Waals surface area contributed by atoms with E-state index >= 15 is 0 Å². The molecule has 1 aliphatic rings. The van der Waals surface area contributed by atoms with Crippen LogP contribution in [0.5, 0.6) is 11.5 Å². The highest BCUT2D eigenvalue weighted by atomic mass is 16.5. The van der Waals surface area contributed by atoms with E-state index in [0.29, 0.717) is 23.1 Å². The Hall–Kier alpha value is -1.79. The molecule has 19 heavy (non-hydrogen) atoms. The topological polar surface area (TPSA) is 71.6 Å². The van der Waals surface area contributed by atoms with Crippen LogP contribution in [0.3, 0.4) is 0 Å². The Labute approximate surface area is 112 Å². The Morgan fingerprint density at radius 1 is 1.32 bits per heavy atom. The van der Waals surface area contributed by atoms with Crippen LogP contribution in [0.2, 0.25) is 0 Å². The third-order valence-electron chi connectivity index (χ3n) is 3.05. The molecule has 1 heterocycles. The summed E-state index contributed by atoms with van der Waals surface area (Å²) in [6.45, 7) is 2.05. The average molecular weight is 265 g/mol. The van der Waals surface area contributed by atoms with E-state index in [1.807, 2.05) is 6.92 Å². The molecule has 6 nitrogen and oxygen atoms in total. The Kier molecular flexibility index (Phi) is 4.24. The Balaban J connectivity index is 2.10. The number of carbonyl (C=O) groups is 1. The maximum atomic E-state index is 12.2. The predicted octanol–water partition coefficient (Wildman–Crippen LogP) is 0.646. The van der Waals surface area contributed by atoms with Crippen molar-refractivity contribution in [3.8, 4) is 11.5 Å². The molecule has 6 heteroatoms. The fourth-order valence-electron chi connectivity index (χ4n) is 2.03. The molecule has 0 bridgehead atoms. The highest BCUT2D eigenvalue weighted by Crippen LogP contribution is 2.24. The summed E-state index contributed by atoms with van der Waals surface area (Å²) in [5.74, 6) is 0.978. The van der Waals surface area contributed by atoms with Crippen molar-refractivity contribution in [2.24, 2.45) is 0 Å². The summed E-state index contributed by atoms with van der Waals surface area (Å²) in [5.41, 5.74) is 6.57. The molecule has 1 aromatic rings. The SMILES string of the molecule is COc1ccc(C(=O)NC2CC(C)NN2)c(OC)c1. The van der Waals surface area contributed by atoms with Gasteiger partial charge in [0, 0.05) is 12.1 Å². The van der Waals surface area contributed by atoms with Crippen LogP contribution in [0.25, 0.3) is 0 Å². The highest BCUT2D eigenvalue weighted by molar-refractivity contribution is 5.97. The first-order valence-electron chi connectivity index (χ1n) is 6.18. The van der Waals surface area contributed by atoms with Gasteiger partial charge in [0.25, 0.3) is 5.91 Å². The summed E-state index contributed by atoms with van der Waals surface area (Å²) in [5, 5.41) is 2.90. The number of hydrogen-bond acceptors (Lipinski definition) is 5. The second kappa shape index (κ2) is 5.90. The molecule has 1 saturated heterocycles. The van der Waals surface area contributed by atoms with Gasteiger partial charge in [-0.05, 0) is 25.5 Å². The zero-order valence-electron chi connectivity index (χ0n) is 11.3. The third-order valence-corrected chi connectivity index (χ3v) is 3.05. The molecule has 1 aliphatic heterocycles. The van der Waals surface area contributed by atoms with Gasteiger partial charge in [-0.2, -0.15) is 0 Å². The smallest absolute Gasteiger partial charge is 0.256 e. The number of rotatable bonds is 4. The molecule has 1 fully saturated rings. The van der Waals surface area contributed by atoms with Crippen molar-refractivity contribution in [2.45, 2.75) is 25.6 Å². The summed E-state index contributed by atoms with van der Waals surface area (Å²) in [7, 11) is 3.10. The second-order valence-electron chi connectivity index (χ2n) is 4.52. The van der Waals surface area contributed by atoms with Crippen molar-refractivity contribution >= 4 is 5.91 Å². The summed E-state index contributed by atoms with van der Waals surface area (Å²) in [4.78, 5) is 12.2. The molecule has 0 aliphatic carbocycles. The minimum Gasteiger partial charge on any atom is -0.497 e. The quantitative estimate of drug-likeness (QED) is 0.745. The number of benzene rings is 1. The second-order valence-corrected chi connectivity index (χ2v) is 4.52. The van der Waals surface area contributed by atoms with Gasteiger partial charge in [-0.25, -0.2) is 5.43 Å². The van der Waals surface area contributed by atoms with Crippen molar-refractivity contribution < 1.29 is 14.3 Å². The maximum Gasteiger partial charge on any atom is 0.256 e. The average Bonchev–Trinajstić information content (AvgIpc) is 2.83. The lowest BCUT2D eigenvalue weighted by Crippen LogP contribution is -2.44. The number of amides is 1. The number of methoxy groups -OCH3 is 2. The van der Waals surface area contributed by atoms with Crippen molar-refractivity contribution in [2.75, 3.05) is 14.2 Å². The molecule has 0 radical (unpaired) electrons. The molecular weight excluding hydrogens is 246 g/mol. The van der Waals surface area contributed by atoms with Gasteiger partial charge in [-0.3, -0.25) is 10.2 Å². The van der Waals surface area contributed by atoms with Crippen LogP contribution in [0.15, 0.2) is 18.2 Å². The van der Waals surface area contributed by atoms with E-state index < -0.39 is 0 Å². The van der Waals surface area contributed by atoms with Crippen LogP contribution in [0.4, 0.5) is 0 Å². The first-order chi connectivity index (χ1) is 9.13. The predicted molar refractivity (Wildman–Crippen MR) is 71.2 cm³/mol. The Morgan fingerprint density at radius 2 is 2.11 bits per heavy atom. The zero-order valence-corrected chi connectivity index (χ0v) is 11.3. The van der Waals surface area contributed by atoms with E-state index in [1.165, 1.54) is 7.11 Å². The molecule has 1 amide bonds. The Morgan fingerprint density at radius 3 is 2.68 bits per heavy atom. The van der Waals surface area contributed by atoms with E-state index in [1.54, 1.807) is 25.3 Å². The normalized spacial score (nSPS) is 22.1. The number of ether oxygens (including phenoxy) is 2. The van der Waals surface area contributed by atoms with E-state index in [-0.39, 0.29) is 12.1 Å². The van der Waals surface area contributed by atoms with E-state index in [9.17, 15) is 4.79 Å². The Bertz CT molecular complexity index is 464. The standard InChI is InChI=1S/C13H19N3O3/c1-8-6-12(16-15-8)14-13(17)10-5-4-9(18-2)7-11(10)19-3/h4-5,7-8,12,15-16H,6H2,1-3H3,(H,14,17). The fraction of sp³-hybridized carbons (Fsp3) is 0.462. The van der Waals surface area contributed by atoms with Crippen LogP contribution in [-0.2, 0) is 0 Å². The molecule has 3 N–H and O–H groups in total. The van der Waals surface area contributed by atoms with Crippen LogP contribution >= 0.6 is 0 Å².